The third kappa shape index (κ3) is 2.80. The molecule has 0 aliphatic rings. The SMILES string of the molecule is Nc1ccc(Nc2cc([N+](=O)[O-])ccc2[N+](=O)[O-])cc1. The summed E-state index contributed by atoms with van der Waals surface area (Å²) in [6, 6.07) is 9.78. The Balaban J connectivity index is 2.41. The third-order valence-electron chi connectivity index (χ3n) is 2.58. The summed E-state index contributed by atoms with van der Waals surface area (Å²) >= 11 is 0. The molecule has 0 saturated heterocycles. The fraction of sp³-hybridized carbons (Fsp3) is 0. The topological polar surface area (TPSA) is 124 Å². The number of nitrogens with two attached hydrogens (primary N) is 1. The Kier molecular flexibility index (Phi) is 3.47. The summed E-state index contributed by atoms with van der Waals surface area (Å²) in [6.07, 6.45) is 0. The Morgan fingerprint density at radius 1 is 0.950 bits per heavy atom. The number of nitrogen functional groups attached to an aromatic ring is 1. The van der Waals surface area contributed by atoms with Crippen LogP contribution in [0, 0.1) is 20.2 Å². The second-order valence-electron chi connectivity index (χ2n) is 3.96. The molecule has 20 heavy (non-hydrogen) atoms. The van der Waals surface area contributed by atoms with Gasteiger partial charge in [0.15, 0.2) is 0 Å². The van der Waals surface area contributed by atoms with Crippen LogP contribution in [0.1, 0.15) is 0 Å². The molecule has 0 aliphatic carbocycles. The van der Waals surface area contributed by atoms with Gasteiger partial charge >= 0.3 is 0 Å². The van der Waals surface area contributed by atoms with E-state index in [0.29, 0.717) is 11.4 Å². The largest absolute Gasteiger partial charge is 0.399 e. The van der Waals surface area contributed by atoms with E-state index in [4.69, 9.17) is 5.73 Å². The normalized spacial score (nSPS) is 10.0. The zero-order chi connectivity index (χ0) is 14.7. The molecule has 8 nitrogen and oxygen atoms in total. The van der Waals surface area contributed by atoms with Crippen molar-refractivity contribution in [2.45, 2.75) is 0 Å². The highest BCUT2D eigenvalue weighted by molar-refractivity contribution is 5.72. The van der Waals surface area contributed by atoms with E-state index in [-0.39, 0.29) is 17.1 Å². The maximum Gasteiger partial charge on any atom is 0.293 e. The van der Waals surface area contributed by atoms with E-state index < -0.39 is 9.85 Å². The molecule has 0 saturated carbocycles. The fourth-order valence-electron chi connectivity index (χ4n) is 1.62. The van der Waals surface area contributed by atoms with Gasteiger partial charge in [-0.25, -0.2) is 0 Å². The molecule has 0 atom stereocenters. The van der Waals surface area contributed by atoms with E-state index in [1.165, 1.54) is 0 Å². The molecule has 0 amide bonds. The van der Waals surface area contributed by atoms with Gasteiger partial charge in [0.05, 0.1) is 9.85 Å². The minimum Gasteiger partial charge on any atom is -0.399 e. The molecule has 2 aromatic carbocycles. The summed E-state index contributed by atoms with van der Waals surface area (Å²) in [5.41, 5.74) is 6.21. The lowest BCUT2D eigenvalue weighted by Gasteiger charge is -2.07. The van der Waals surface area contributed by atoms with Crippen LogP contribution >= 0.6 is 0 Å². The van der Waals surface area contributed by atoms with Crippen LogP contribution in [-0.4, -0.2) is 9.85 Å². The number of non-ortho nitro benzene ring substituents is 1. The Morgan fingerprint density at radius 2 is 1.60 bits per heavy atom. The summed E-state index contributed by atoms with van der Waals surface area (Å²) in [6.45, 7) is 0. The lowest BCUT2D eigenvalue weighted by atomic mass is 10.2. The Morgan fingerprint density at radius 3 is 2.15 bits per heavy atom. The number of nitro benzene ring substituents is 2. The van der Waals surface area contributed by atoms with E-state index in [0.717, 1.165) is 18.2 Å². The van der Waals surface area contributed by atoms with Crippen LogP contribution in [0.4, 0.5) is 28.4 Å². The molecule has 0 aliphatic heterocycles. The molecule has 8 heteroatoms. The van der Waals surface area contributed by atoms with Gasteiger partial charge in [0.2, 0.25) is 0 Å². The number of hydrogen-bond donors (Lipinski definition) is 2. The van der Waals surface area contributed by atoms with Crippen molar-refractivity contribution >= 4 is 28.4 Å². The number of nitrogens with zero attached hydrogens (tertiary/aromatic N) is 2. The quantitative estimate of drug-likeness (QED) is 0.501. The number of nitro groups is 2. The van der Waals surface area contributed by atoms with Crippen LogP contribution in [0.15, 0.2) is 42.5 Å². The monoisotopic (exact) mass is 274 g/mol. The summed E-state index contributed by atoms with van der Waals surface area (Å²) in [5.74, 6) is 0. The first-order chi connectivity index (χ1) is 9.47. The van der Waals surface area contributed by atoms with E-state index in [2.05, 4.69) is 5.32 Å². The van der Waals surface area contributed by atoms with Crippen molar-refractivity contribution in [2.24, 2.45) is 0 Å². The van der Waals surface area contributed by atoms with E-state index >= 15 is 0 Å². The lowest BCUT2D eigenvalue weighted by molar-refractivity contribution is -0.388. The average molecular weight is 274 g/mol. The van der Waals surface area contributed by atoms with Crippen molar-refractivity contribution in [3.8, 4) is 0 Å². The molecular formula is C12H10N4O4. The highest BCUT2D eigenvalue weighted by atomic mass is 16.6. The average Bonchev–Trinajstić information content (AvgIpc) is 2.41. The molecular weight excluding hydrogens is 264 g/mol. The molecule has 0 unspecified atom stereocenters. The van der Waals surface area contributed by atoms with E-state index in [9.17, 15) is 20.2 Å². The number of anilines is 3. The maximum atomic E-state index is 10.9. The van der Waals surface area contributed by atoms with E-state index in [1.807, 2.05) is 0 Å². The molecule has 2 rings (SSSR count). The van der Waals surface area contributed by atoms with Gasteiger partial charge in [-0.15, -0.1) is 0 Å². The second kappa shape index (κ2) is 5.22. The molecule has 0 fully saturated rings. The molecule has 0 heterocycles. The van der Waals surface area contributed by atoms with Crippen LogP contribution in [0.2, 0.25) is 0 Å². The van der Waals surface area contributed by atoms with Crippen LogP contribution in [0.5, 0.6) is 0 Å². The highest BCUT2D eigenvalue weighted by Crippen LogP contribution is 2.31. The summed E-state index contributed by atoms with van der Waals surface area (Å²) < 4.78 is 0. The summed E-state index contributed by atoms with van der Waals surface area (Å²) in [5, 5.41) is 24.4. The van der Waals surface area contributed by atoms with Gasteiger partial charge in [0, 0.05) is 29.6 Å². The Labute approximate surface area is 113 Å². The fourth-order valence-corrected chi connectivity index (χ4v) is 1.62. The lowest BCUT2D eigenvalue weighted by Crippen LogP contribution is -1.99. The van der Waals surface area contributed by atoms with Crippen LogP contribution < -0.4 is 11.1 Å². The van der Waals surface area contributed by atoms with Crippen LogP contribution in [-0.2, 0) is 0 Å². The molecule has 0 radical (unpaired) electrons. The van der Waals surface area contributed by atoms with Crippen LogP contribution in [0.25, 0.3) is 0 Å². The van der Waals surface area contributed by atoms with Gasteiger partial charge in [-0.05, 0) is 24.3 Å². The summed E-state index contributed by atoms with van der Waals surface area (Å²) in [7, 11) is 0. The third-order valence-corrected chi connectivity index (χ3v) is 2.58. The van der Waals surface area contributed by atoms with Gasteiger partial charge in [-0.3, -0.25) is 20.2 Å². The smallest absolute Gasteiger partial charge is 0.293 e. The predicted molar refractivity (Wildman–Crippen MR) is 73.9 cm³/mol. The minimum absolute atomic E-state index is 0.0500. The number of hydrogen-bond acceptors (Lipinski definition) is 6. The first-order valence-electron chi connectivity index (χ1n) is 5.53. The van der Waals surface area contributed by atoms with Crippen molar-refractivity contribution in [3.05, 3.63) is 62.7 Å². The van der Waals surface area contributed by atoms with Gasteiger partial charge < -0.3 is 11.1 Å². The van der Waals surface area contributed by atoms with Crippen molar-refractivity contribution in [1.29, 1.82) is 0 Å². The van der Waals surface area contributed by atoms with Gasteiger partial charge in [-0.1, -0.05) is 0 Å². The number of benzene rings is 2. The van der Waals surface area contributed by atoms with Crippen molar-refractivity contribution in [3.63, 3.8) is 0 Å². The summed E-state index contributed by atoms with van der Waals surface area (Å²) in [4.78, 5) is 20.4. The first kappa shape index (κ1) is 13.3. The highest BCUT2D eigenvalue weighted by Gasteiger charge is 2.18. The van der Waals surface area contributed by atoms with Gasteiger partial charge in [0.1, 0.15) is 5.69 Å². The van der Waals surface area contributed by atoms with Crippen molar-refractivity contribution in [2.75, 3.05) is 11.1 Å². The van der Waals surface area contributed by atoms with Crippen LogP contribution in [0.3, 0.4) is 0 Å². The molecule has 0 spiro atoms. The van der Waals surface area contributed by atoms with Gasteiger partial charge in [0.25, 0.3) is 11.4 Å². The predicted octanol–water partition coefficient (Wildman–Crippen LogP) is 2.83. The zero-order valence-electron chi connectivity index (χ0n) is 10.1. The number of rotatable bonds is 4. The zero-order valence-corrected chi connectivity index (χ0v) is 10.1. The first-order valence-corrected chi connectivity index (χ1v) is 5.53. The molecule has 3 N–H and O–H groups in total. The second-order valence-corrected chi connectivity index (χ2v) is 3.96. The number of nitrogens with one attached hydrogen (secondary N) is 1. The molecule has 0 bridgehead atoms. The Hall–Kier alpha value is -3.16. The minimum atomic E-state index is -0.613. The molecule has 102 valence electrons. The van der Waals surface area contributed by atoms with Gasteiger partial charge in [-0.2, -0.15) is 0 Å². The van der Waals surface area contributed by atoms with Crippen molar-refractivity contribution < 1.29 is 9.85 Å². The van der Waals surface area contributed by atoms with Crippen molar-refractivity contribution in [1.82, 2.24) is 0 Å². The Bertz CT molecular complexity index is 670. The molecule has 0 aromatic heterocycles. The maximum absolute atomic E-state index is 10.9. The standard InChI is InChI=1S/C12H10N4O4/c13-8-1-3-9(4-2-8)14-11-7-10(15(17)18)5-6-12(11)16(19)20/h1-7,14H,13H2. The molecule has 2 aromatic rings. The van der Waals surface area contributed by atoms with E-state index in [1.54, 1.807) is 24.3 Å².